The predicted octanol–water partition coefficient (Wildman–Crippen LogP) is 14.9. The van der Waals surface area contributed by atoms with E-state index in [0.29, 0.717) is 0 Å². The molecule has 0 radical (unpaired) electrons. The van der Waals surface area contributed by atoms with Crippen molar-refractivity contribution in [1.29, 1.82) is 0 Å². The quantitative estimate of drug-likeness (QED) is 0.154. The van der Waals surface area contributed by atoms with Gasteiger partial charge in [-0.15, -0.1) is 11.3 Å². The number of anilines is 4. The van der Waals surface area contributed by atoms with Gasteiger partial charge in [0.15, 0.2) is 0 Å². The number of fused-ring (bicyclic) bond motifs is 15. The highest BCUT2D eigenvalue weighted by Gasteiger charge is 2.62. The molecule has 13 rings (SSSR count). The largest absolute Gasteiger partial charge is 0.455 e. The Kier molecular flexibility index (Phi) is 7.13. The summed E-state index contributed by atoms with van der Waals surface area (Å²) in [6, 6.07) is 36.0. The first-order valence-electron chi connectivity index (χ1n) is 23.4. The Balaban J connectivity index is 1.25. The zero-order chi connectivity index (χ0) is 42.6. The van der Waals surface area contributed by atoms with Crippen molar-refractivity contribution in [3.8, 4) is 11.1 Å². The first kappa shape index (κ1) is 37.5. The number of para-hydroxylation sites is 1. The second kappa shape index (κ2) is 11.8. The van der Waals surface area contributed by atoms with E-state index in [0.717, 1.165) is 11.2 Å². The van der Waals surface area contributed by atoms with Crippen molar-refractivity contribution in [3.05, 3.63) is 119 Å². The van der Waals surface area contributed by atoms with Gasteiger partial charge in [0.25, 0.3) is 0 Å². The highest BCUT2D eigenvalue weighted by molar-refractivity contribution is 7.25. The Morgan fingerprint density at radius 3 is 2.11 bits per heavy atom. The molecular formula is C57H57BN2OS. The van der Waals surface area contributed by atoms with Gasteiger partial charge < -0.3 is 14.1 Å². The standard InChI is InChI=1S/C57H57BN2OS/c1-32-25-39-40(55(7,8)24-23-54(39,5)6)31-43(32)60-44-28-36-35-18-12-14-20-47(35)62-48(36)30-38(44)49-50-45(29-37-34-17-11-13-19-46(34)61-52(37)49)59-51-41(56(9)21-15-16-22-57(56,59)10)26-33(53(2,3)4)27-42(51)58(50)60/h11-14,17-20,25-31H,15-16,21-24H2,1-10H3. The van der Waals surface area contributed by atoms with E-state index in [9.17, 15) is 0 Å². The number of hydrogen-bond donors (Lipinski definition) is 0. The van der Waals surface area contributed by atoms with Crippen LogP contribution in [-0.4, -0.2) is 12.4 Å². The van der Waals surface area contributed by atoms with Crippen LogP contribution in [0.4, 0.5) is 22.7 Å². The minimum absolute atomic E-state index is 0.000933. The molecule has 5 heteroatoms. The highest BCUT2D eigenvalue weighted by Crippen LogP contribution is 2.64. The Morgan fingerprint density at radius 2 is 1.34 bits per heavy atom. The maximum Gasteiger partial charge on any atom is 0.333 e. The molecule has 1 fully saturated rings. The normalized spacial score (nSPS) is 22.9. The molecule has 3 aliphatic heterocycles. The molecule has 3 nitrogen and oxygen atoms in total. The number of benzene rings is 6. The number of thiophene rings is 1. The molecule has 310 valence electrons. The van der Waals surface area contributed by atoms with E-state index in [1.807, 2.05) is 11.3 Å². The zero-order valence-electron chi connectivity index (χ0n) is 38.2. The summed E-state index contributed by atoms with van der Waals surface area (Å²) in [5, 5.41) is 5.10. The molecule has 2 unspecified atom stereocenters. The van der Waals surface area contributed by atoms with Crippen LogP contribution in [-0.2, 0) is 21.7 Å². The van der Waals surface area contributed by atoms with E-state index in [4.69, 9.17) is 4.42 Å². The lowest BCUT2D eigenvalue weighted by atomic mass is 9.42. The van der Waals surface area contributed by atoms with E-state index in [2.05, 4.69) is 170 Å². The average Bonchev–Trinajstić information content (AvgIpc) is 3.86. The third-order valence-corrected chi connectivity index (χ3v) is 18.4. The molecule has 1 saturated carbocycles. The number of rotatable bonds is 1. The topological polar surface area (TPSA) is 19.6 Å². The summed E-state index contributed by atoms with van der Waals surface area (Å²) in [4.78, 5) is 5.73. The van der Waals surface area contributed by atoms with Crippen LogP contribution in [0.25, 0.3) is 53.2 Å². The van der Waals surface area contributed by atoms with Crippen LogP contribution < -0.4 is 20.6 Å². The Morgan fingerprint density at radius 1 is 0.645 bits per heavy atom. The molecule has 2 atom stereocenters. The minimum atomic E-state index is -0.0807. The molecule has 0 bridgehead atoms. The fourth-order valence-corrected chi connectivity index (χ4v) is 14.6. The monoisotopic (exact) mass is 828 g/mol. The third-order valence-electron chi connectivity index (χ3n) is 17.3. The van der Waals surface area contributed by atoms with Crippen LogP contribution in [0.1, 0.15) is 129 Å². The number of nitrogens with zero attached hydrogens (tertiary/aromatic N) is 2. The van der Waals surface area contributed by atoms with Gasteiger partial charge in [-0.05, 0) is 131 Å². The van der Waals surface area contributed by atoms with Gasteiger partial charge in [0.2, 0.25) is 0 Å². The van der Waals surface area contributed by atoms with Gasteiger partial charge in [-0.3, -0.25) is 0 Å². The summed E-state index contributed by atoms with van der Waals surface area (Å²) in [6.45, 7) is 24.7. The fraction of sp³-hybridized carbons (Fsp3) is 0.368. The lowest BCUT2D eigenvalue weighted by Gasteiger charge is -2.53. The minimum Gasteiger partial charge on any atom is -0.455 e. The smallest absolute Gasteiger partial charge is 0.333 e. The highest BCUT2D eigenvalue weighted by atomic mass is 32.1. The van der Waals surface area contributed by atoms with Gasteiger partial charge in [0.05, 0.1) is 5.54 Å². The van der Waals surface area contributed by atoms with E-state index < -0.39 is 0 Å². The van der Waals surface area contributed by atoms with Crippen LogP contribution in [0.15, 0.2) is 95.4 Å². The molecule has 62 heavy (non-hydrogen) atoms. The Labute approximate surface area is 371 Å². The summed E-state index contributed by atoms with van der Waals surface area (Å²) in [5.41, 5.74) is 20.3. The maximum absolute atomic E-state index is 7.21. The molecule has 0 N–H and O–H groups in total. The van der Waals surface area contributed by atoms with Crippen molar-refractivity contribution >= 4 is 94.0 Å². The van der Waals surface area contributed by atoms with E-state index >= 15 is 0 Å². The zero-order valence-corrected chi connectivity index (χ0v) is 39.0. The van der Waals surface area contributed by atoms with Gasteiger partial charge >= 0.3 is 6.85 Å². The molecule has 0 saturated heterocycles. The summed E-state index contributed by atoms with van der Waals surface area (Å²) < 4.78 is 9.87. The SMILES string of the molecule is Cc1cc2c(cc1N1B3c4cc(C(C)(C)C)cc5c4N(c4cc6c(oc7ccccc76)c(c43)-c3cc4sc6ccccc6c4cc31)C1(C)CCCCC51C)C(C)(C)CCC2(C)C. The first-order chi connectivity index (χ1) is 29.5. The van der Waals surface area contributed by atoms with E-state index in [-0.39, 0.29) is 34.0 Å². The predicted molar refractivity (Wildman–Crippen MR) is 267 cm³/mol. The summed E-state index contributed by atoms with van der Waals surface area (Å²) in [5.74, 6) is 0. The number of aryl methyl sites for hydroxylation is 1. The molecular weight excluding hydrogens is 772 g/mol. The Bertz CT molecular complexity index is 3320. The van der Waals surface area contributed by atoms with Gasteiger partial charge in [0.1, 0.15) is 11.2 Å². The van der Waals surface area contributed by atoms with E-state index in [1.165, 1.54) is 137 Å². The van der Waals surface area contributed by atoms with Gasteiger partial charge in [0, 0.05) is 70.2 Å². The molecule has 6 aromatic carbocycles. The number of furan rings is 1. The summed E-state index contributed by atoms with van der Waals surface area (Å²) in [6.07, 6.45) is 7.27. The lowest BCUT2D eigenvalue weighted by Crippen LogP contribution is -2.65. The molecule has 5 heterocycles. The number of hydrogen-bond acceptors (Lipinski definition) is 4. The van der Waals surface area contributed by atoms with Crippen LogP contribution in [0.2, 0.25) is 0 Å². The van der Waals surface area contributed by atoms with Crippen LogP contribution in [0, 0.1) is 6.92 Å². The molecule has 5 aliphatic rings. The second-order valence-electron chi connectivity index (χ2n) is 22.7. The first-order valence-corrected chi connectivity index (χ1v) is 24.2. The molecule has 2 aliphatic carbocycles. The van der Waals surface area contributed by atoms with Gasteiger partial charge in [-0.1, -0.05) is 123 Å². The third kappa shape index (κ3) is 4.54. The average molecular weight is 829 g/mol. The van der Waals surface area contributed by atoms with Crippen molar-refractivity contribution in [1.82, 2.24) is 0 Å². The maximum atomic E-state index is 7.21. The summed E-state index contributed by atoms with van der Waals surface area (Å²) >= 11 is 1.92. The van der Waals surface area contributed by atoms with Gasteiger partial charge in [-0.2, -0.15) is 0 Å². The molecule has 8 aromatic rings. The van der Waals surface area contributed by atoms with Crippen molar-refractivity contribution in [2.45, 2.75) is 135 Å². The van der Waals surface area contributed by atoms with Crippen molar-refractivity contribution in [2.75, 3.05) is 9.71 Å². The van der Waals surface area contributed by atoms with Crippen molar-refractivity contribution < 1.29 is 4.42 Å². The molecule has 0 amide bonds. The van der Waals surface area contributed by atoms with Crippen LogP contribution >= 0.6 is 11.3 Å². The van der Waals surface area contributed by atoms with Crippen LogP contribution in [0.5, 0.6) is 0 Å². The molecule has 2 aromatic heterocycles. The summed E-state index contributed by atoms with van der Waals surface area (Å²) in [7, 11) is 0. The second-order valence-corrected chi connectivity index (χ2v) is 23.8. The van der Waals surface area contributed by atoms with E-state index in [1.54, 1.807) is 5.56 Å². The van der Waals surface area contributed by atoms with Crippen molar-refractivity contribution in [3.63, 3.8) is 0 Å². The fourth-order valence-electron chi connectivity index (χ4n) is 13.4. The Hall–Kier alpha value is -5.00. The van der Waals surface area contributed by atoms with Crippen LogP contribution in [0.3, 0.4) is 0 Å². The van der Waals surface area contributed by atoms with Crippen molar-refractivity contribution in [2.24, 2.45) is 0 Å². The lowest BCUT2D eigenvalue weighted by molar-refractivity contribution is 0.195. The van der Waals surface area contributed by atoms with Gasteiger partial charge in [-0.25, -0.2) is 0 Å². The molecule has 0 spiro atoms.